The van der Waals surface area contributed by atoms with Crippen LogP contribution in [0.4, 0.5) is 0 Å². The van der Waals surface area contributed by atoms with Crippen LogP contribution in [0.2, 0.25) is 0 Å². The number of unbranched alkanes of at least 4 members (excludes halogenated alkanes) is 2. The molecule has 1 saturated carbocycles. The van der Waals surface area contributed by atoms with Crippen LogP contribution in [0.25, 0.3) is 0 Å². The number of hydrogen-bond donors (Lipinski definition) is 2. The number of nitrogens with zero attached hydrogens (tertiary/aromatic N) is 2. The van der Waals surface area contributed by atoms with Crippen LogP contribution in [0.1, 0.15) is 50.9 Å². The first-order valence-corrected chi connectivity index (χ1v) is 7.22. The van der Waals surface area contributed by atoms with Crippen molar-refractivity contribution in [3.8, 4) is 0 Å². The summed E-state index contributed by atoms with van der Waals surface area (Å²) in [6, 6.07) is 0.249. The van der Waals surface area contributed by atoms with Crippen LogP contribution in [0.5, 0.6) is 0 Å². The lowest BCUT2D eigenvalue weighted by atomic mass is 10.3. The Morgan fingerprint density at radius 2 is 2.30 bits per heavy atom. The van der Waals surface area contributed by atoms with Gasteiger partial charge < -0.3 is 10.1 Å². The zero-order chi connectivity index (χ0) is 14.4. The van der Waals surface area contributed by atoms with Gasteiger partial charge in [-0.1, -0.05) is 19.8 Å². The molecule has 1 aromatic heterocycles. The average Bonchev–Trinajstić information content (AvgIpc) is 3.20. The SMILES string of the molecule is CCCCCOCC(=O)NCc1n[nH]c(=O)n1C1CC1. The summed E-state index contributed by atoms with van der Waals surface area (Å²) in [6.45, 7) is 3.04. The third-order valence-corrected chi connectivity index (χ3v) is 3.26. The van der Waals surface area contributed by atoms with Gasteiger partial charge in [0.25, 0.3) is 0 Å². The molecule has 0 aromatic carbocycles. The fourth-order valence-corrected chi connectivity index (χ4v) is 2.02. The van der Waals surface area contributed by atoms with Gasteiger partial charge >= 0.3 is 5.69 Å². The summed E-state index contributed by atoms with van der Waals surface area (Å²) in [7, 11) is 0. The summed E-state index contributed by atoms with van der Waals surface area (Å²) < 4.78 is 6.90. The second-order valence-corrected chi connectivity index (χ2v) is 5.08. The minimum absolute atomic E-state index is 0.0573. The normalized spacial score (nSPS) is 14.4. The number of aromatic amines is 1. The first kappa shape index (κ1) is 14.8. The Bertz CT molecular complexity index is 490. The largest absolute Gasteiger partial charge is 0.372 e. The molecular weight excluding hydrogens is 260 g/mol. The number of nitrogens with one attached hydrogen (secondary N) is 2. The van der Waals surface area contributed by atoms with Crippen molar-refractivity contribution in [2.24, 2.45) is 0 Å². The predicted octanol–water partition coefficient (Wildman–Crippen LogP) is 0.729. The number of hydrogen-bond acceptors (Lipinski definition) is 4. The first-order chi connectivity index (χ1) is 9.72. The zero-order valence-corrected chi connectivity index (χ0v) is 11.9. The Morgan fingerprint density at radius 3 is 3.00 bits per heavy atom. The topological polar surface area (TPSA) is 89.0 Å². The summed E-state index contributed by atoms with van der Waals surface area (Å²) in [4.78, 5) is 23.1. The quantitative estimate of drug-likeness (QED) is 0.653. The third-order valence-electron chi connectivity index (χ3n) is 3.26. The van der Waals surface area contributed by atoms with Crippen LogP contribution in [0, 0.1) is 0 Å². The Kier molecular flexibility index (Phi) is 5.34. The molecule has 1 fully saturated rings. The molecule has 1 aromatic rings. The second kappa shape index (κ2) is 7.23. The molecule has 1 aliphatic carbocycles. The number of ether oxygens (including phenoxy) is 1. The van der Waals surface area contributed by atoms with E-state index in [2.05, 4.69) is 22.4 Å². The van der Waals surface area contributed by atoms with Gasteiger partial charge in [-0.05, 0) is 19.3 Å². The molecule has 0 saturated heterocycles. The van der Waals surface area contributed by atoms with Crippen LogP contribution in [0.3, 0.4) is 0 Å². The molecule has 0 atom stereocenters. The highest BCUT2D eigenvalue weighted by atomic mass is 16.5. The third kappa shape index (κ3) is 4.19. The molecule has 2 N–H and O–H groups in total. The molecular formula is C13H22N4O3. The summed E-state index contributed by atoms with van der Waals surface area (Å²) in [6.07, 6.45) is 5.22. The highest BCUT2D eigenvalue weighted by molar-refractivity contribution is 5.77. The van der Waals surface area contributed by atoms with Crippen molar-refractivity contribution in [2.45, 2.75) is 51.6 Å². The van der Waals surface area contributed by atoms with Crippen LogP contribution in [0.15, 0.2) is 4.79 Å². The molecule has 1 aliphatic rings. The molecule has 0 radical (unpaired) electrons. The van der Waals surface area contributed by atoms with E-state index in [1.807, 2.05) is 0 Å². The number of aromatic nitrogens is 3. The van der Waals surface area contributed by atoms with Gasteiger partial charge in [0.1, 0.15) is 6.61 Å². The maximum absolute atomic E-state index is 11.6. The Labute approximate surface area is 117 Å². The van der Waals surface area contributed by atoms with Gasteiger partial charge in [-0.15, -0.1) is 0 Å². The number of carbonyl (C=O) groups excluding carboxylic acids is 1. The summed E-state index contributed by atoms with van der Waals surface area (Å²) >= 11 is 0. The van der Waals surface area contributed by atoms with Crippen molar-refractivity contribution >= 4 is 5.91 Å². The van der Waals surface area contributed by atoms with Gasteiger partial charge in [0.05, 0.1) is 6.54 Å². The number of H-pyrrole nitrogens is 1. The zero-order valence-electron chi connectivity index (χ0n) is 11.9. The monoisotopic (exact) mass is 282 g/mol. The second-order valence-electron chi connectivity index (χ2n) is 5.08. The Morgan fingerprint density at radius 1 is 1.50 bits per heavy atom. The lowest BCUT2D eigenvalue weighted by Gasteiger charge is -2.07. The first-order valence-electron chi connectivity index (χ1n) is 7.22. The van der Waals surface area contributed by atoms with Gasteiger partial charge in [0, 0.05) is 12.6 Å². The molecule has 1 amide bonds. The lowest BCUT2D eigenvalue weighted by molar-refractivity contribution is -0.125. The van der Waals surface area contributed by atoms with E-state index >= 15 is 0 Å². The number of rotatable bonds is 9. The van der Waals surface area contributed by atoms with E-state index in [0.29, 0.717) is 12.4 Å². The van der Waals surface area contributed by atoms with Crippen molar-refractivity contribution in [3.05, 3.63) is 16.3 Å². The van der Waals surface area contributed by atoms with Crippen molar-refractivity contribution < 1.29 is 9.53 Å². The molecule has 0 spiro atoms. The Balaban J connectivity index is 1.69. The molecule has 112 valence electrons. The fraction of sp³-hybridized carbons (Fsp3) is 0.769. The minimum atomic E-state index is -0.201. The smallest absolute Gasteiger partial charge is 0.343 e. The van der Waals surface area contributed by atoms with E-state index in [-0.39, 0.29) is 30.8 Å². The Hall–Kier alpha value is -1.63. The summed E-state index contributed by atoms with van der Waals surface area (Å²) in [5.41, 5.74) is -0.201. The van der Waals surface area contributed by atoms with E-state index in [1.165, 1.54) is 0 Å². The summed E-state index contributed by atoms with van der Waals surface area (Å²) in [5.74, 6) is 0.399. The van der Waals surface area contributed by atoms with Crippen molar-refractivity contribution in [1.29, 1.82) is 0 Å². The molecule has 0 unspecified atom stereocenters. The van der Waals surface area contributed by atoms with Gasteiger partial charge in [0.15, 0.2) is 5.82 Å². The van der Waals surface area contributed by atoms with E-state index in [0.717, 1.165) is 32.1 Å². The van der Waals surface area contributed by atoms with Gasteiger partial charge in [-0.25, -0.2) is 9.89 Å². The predicted molar refractivity (Wildman–Crippen MR) is 73.3 cm³/mol. The molecule has 0 aliphatic heterocycles. The van der Waals surface area contributed by atoms with Crippen LogP contribution >= 0.6 is 0 Å². The molecule has 20 heavy (non-hydrogen) atoms. The number of amides is 1. The fourth-order valence-electron chi connectivity index (χ4n) is 2.02. The molecule has 1 heterocycles. The standard InChI is InChI=1S/C13H22N4O3/c1-2-3-4-7-20-9-12(18)14-8-11-15-16-13(19)17(11)10-5-6-10/h10H,2-9H2,1H3,(H,14,18)(H,16,19). The van der Waals surface area contributed by atoms with E-state index in [9.17, 15) is 9.59 Å². The van der Waals surface area contributed by atoms with Gasteiger partial charge in [-0.2, -0.15) is 5.10 Å². The maximum atomic E-state index is 11.6. The van der Waals surface area contributed by atoms with E-state index < -0.39 is 0 Å². The van der Waals surface area contributed by atoms with Crippen molar-refractivity contribution in [2.75, 3.05) is 13.2 Å². The van der Waals surface area contributed by atoms with Crippen LogP contribution in [-0.2, 0) is 16.1 Å². The minimum Gasteiger partial charge on any atom is -0.372 e. The lowest BCUT2D eigenvalue weighted by Crippen LogP contribution is -2.29. The summed E-state index contributed by atoms with van der Waals surface area (Å²) in [5, 5.41) is 9.08. The molecule has 7 nitrogen and oxygen atoms in total. The van der Waals surface area contributed by atoms with E-state index in [1.54, 1.807) is 4.57 Å². The molecule has 7 heteroatoms. The van der Waals surface area contributed by atoms with E-state index in [4.69, 9.17) is 4.74 Å². The average molecular weight is 282 g/mol. The molecule has 2 rings (SSSR count). The van der Waals surface area contributed by atoms with Crippen molar-refractivity contribution in [1.82, 2.24) is 20.1 Å². The maximum Gasteiger partial charge on any atom is 0.343 e. The highest BCUT2D eigenvalue weighted by Gasteiger charge is 2.28. The molecule has 0 bridgehead atoms. The number of carbonyl (C=O) groups is 1. The van der Waals surface area contributed by atoms with Gasteiger partial charge in [0.2, 0.25) is 5.91 Å². The highest BCUT2D eigenvalue weighted by Crippen LogP contribution is 2.33. The van der Waals surface area contributed by atoms with Crippen LogP contribution < -0.4 is 11.0 Å². The van der Waals surface area contributed by atoms with Gasteiger partial charge in [-0.3, -0.25) is 9.36 Å². The van der Waals surface area contributed by atoms with Crippen molar-refractivity contribution in [3.63, 3.8) is 0 Å². The van der Waals surface area contributed by atoms with Crippen LogP contribution in [-0.4, -0.2) is 33.9 Å².